The van der Waals surface area contributed by atoms with Crippen LogP contribution >= 0.6 is 28.3 Å². The lowest BCUT2D eigenvalue weighted by molar-refractivity contribution is -0.122. The predicted molar refractivity (Wildman–Crippen MR) is 92.6 cm³/mol. The molecule has 0 aliphatic carbocycles. The number of rotatable bonds is 5. The standard InChI is InChI=1S/C16H21BrN2O2.ClH/c17-14-3-1-2-4-15(14)21-8-7-16(20)19-13-9-11-5-6-12(10-13)18-11;/h1-4,11-13,18H,5-10H2,(H,19,20);1H. The van der Waals surface area contributed by atoms with Crippen LogP contribution in [0.25, 0.3) is 0 Å². The first-order valence-corrected chi connectivity index (χ1v) is 8.43. The van der Waals surface area contributed by atoms with E-state index in [1.165, 1.54) is 12.8 Å². The third-order valence-electron chi connectivity index (χ3n) is 4.26. The van der Waals surface area contributed by atoms with Crippen molar-refractivity contribution in [2.45, 2.75) is 50.2 Å². The third-order valence-corrected chi connectivity index (χ3v) is 4.92. The molecule has 2 aliphatic rings. The van der Waals surface area contributed by atoms with Gasteiger partial charge in [0.25, 0.3) is 0 Å². The Balaban J connectivity index is 0.00000176. The number of hydrogen-bond donors (Lipinski definition) is 2. The van der Waals surface area contributed by atoms with E-state index < -0.39 is 0 Å². The van der Waals surface area contributed by atoms with E-state index in [-0.39, 0.29) is 18.3 Å². The van der Waals surface area contributed by atoms with Crippen molar-refractivity contribution in [2.75, 3.05) is 6.61 Å². The van der Waals surface area contributed by atoms with Crippen LogP contribution < -0.4 is 15.4 Å². The summed E-state index contributed by atoms with van der Waals surface area (Å²) in [6.07, 6.45) is 5.03. The number of hydrogen-bond acceptors (Lipinski definition) is 3. The van der Waals surface area contributed by atoms with Gasteiger partial charge in [0.05, 0.1) is 17.5 Å². The number of benzene rings is 1. The Morgan fingerprint density at radius 2 is 1.95 bits per heavy atom. The van der Waals surface area contributed by atoms with E-state index in [1.807, 2.05) is 24.3 Å². The molecule has 1 aromatic carbocycles. The Labute approximate surface area is 145 Å². The summed E-state index contributed by atoms with van der Waals surface area (Å²) in [5.74, 6) is 0.874. The van der Waals surface area contributed by atoms with Gasteiger partial charge in [-0.3, -0.25) is 4.79 Å². The summed E-state index contributed by atoms with van der Waals surface area (Å²) in [5, 5.41) is 6.73. The lowest BCUT2D eigenvalue weighted by Gasteiger charge is -2.29. The molecule has 122 valence electrons. The first-order valence-electron chi connectivity index (χ1n) is 7.63. The van der Waals surface area contributed by atoms with Crippen molar-refractivity contribution < 1.29 is 9.53 Å². The Morgan fingerprint density at radius 3 is 2.64 bits per heavy atom. The van der Waals surface area contributed by atoms with Crippen LogP contribution in [0, 0.1) is 0 Å². The van der Waals surface area contributed by atoms with Gasteiger partial charge in [-0.15, -0.1) is 12.4 Å². The van der Waals surface area contributed by atoms with E-state index in [9.17, 15) is 4.79 Å². The van der Waals surface area contributed by atoms with Crippen LogP contribution in [0.15, 0.2) is 28.7 Å². The van der Waals surface area contributed by atoms with Gasteiger partial charge in [-0.25, -0.2) is 0 Å². The molecule has 2 atom stereocenters. The Morgan fingerprint density at radius 1 is 1.27 bits per heavy atom. The van der Waals surface area contributed by atoms with E-state index in [1.54, 1.807) is 0 Å². The van der Waals surface area contributed by atoms with Gasteiger partial charge in [-0.2, -0.15) is 0 Å². The number of fused-ring (bicyclic) bond motifs is 2. The summed E-state index contributed by atoms with van der Waals surface area (Å²) in [6.45, 7) is 0.409. The minimum Gasteiger partial charge on any atom is -0.492 e. The highest BCUT2D eigenvalue weighted by molar-refractivity contribution is 9.10. The molecule has 0 radical (unpaired) electrons. The highest BCUT2D eigenvalue weighted by Gasteiger charge is 2.33. The topological polar surface area (TPSA) is 50.4 Å². The molecule has 2 fully saturated rings. The highest BCUT2D eigenvalue weighted by Crippen LogP contribution is 2.27. The lowest BCUT2D eigenvalue weighted by Crippen LogP contribution is -2.48. The molecule has 2 aliphatic heterocycles. The van der Waals surface area contributed by atoms with Gasteiger partial charge in [-0.05, 0) is 53.7 Å². The van der Waals surface area contributed by atoms with Gasteiger partial charge in [0, 0.05) is 18.1 Å². The second-order valence-electron chi connectivity index (χ2n) is 5.90. The average molecular weight is 390 g/mol. The summed E-state index contributed by atoms with van der Waals surface area (Å²) in [7, 11) is 0. The van der Waals surface area contributed by atoms with Crippen LogP contribution in [0.2, 0.25) is 0 Å². The Kier molecular flexibility index (Phi) is 6.53. The normalized spacial score (nSPS) is 26.1. The first-order chi connectivity index (χ1) is 10.2. The molecule has 2 saturated heterocycles. The molecule has 2 unspecified atom stereocenters. The smallest absolute Gasteiger partial charge is 0.223 e. The van der Waals surface area contributed by atoms with Gasteiger partial charge in [0.2, 0.25) is 5.91 Å². The molecule has 2 heterocycles. The molecule has 22 heavy (non-hydrogen) atoms. The van der Waals surface area contributed by atoms with E-state index in [4.69, 9.17) is 4.74 Å². The highest BCUT2D eigenvalue weighted by atomic mass is 79.9. The molecule has 0 spiro atoms. The van der Waals surface area contributed by atoms with Crippen LogP contribution in [0.3, 0.4) is 0 Å². The zero-order valence-electron chi connectivity index (χ0n) is 12.4. The van der Waals surface area contributed by atoms with Crippen LogP contribution in [-0.2, 0) is 4.79 Å². The largest absolute Gasteiger partial charge is 0.492 e. The number of para-hydroxylation sites is 1. The fourth-order valence-electron chi connectivity index (χ4n) is 3.29. The second kappa shape index (κ2) is 8.18. The Hall–Kier alpha value is -0.780. The van der Waals surface area contributed by atoms with Crippen LogP contribution in [-0.4, -0.2) is 30.6 Å². The van der Waals surface area contributed by atoms with E-state index in [0.717, 1.165) is 23.1 Å². The number of halogens is 2. The fraction of sp³-hybridized carbons (Fsp3) is 0.562. The van der Waals surface area contributed by atoms with Crippen molar-refractivity contribution in [3.63, 3.8) is 0 Å². The number of amides is 1. The molecular weight excluding hydrogens is 368 g/mol. The molecule has 2 N–H and O–H groups in total. The van der Waals surface area contributed by atoms with Gasteiger partial charge < -0.3 is 15.4 Å². The van der Waals surface area contributed by atoms with Crippen molar-refractivity contribution in [1.82, 2.24) is 10.6 Å². The van der Waals surface area contributed by atoms with Crippen molar-refractivity contribution in [2.24, 2.45) is 0 Å². The van der Waals surface area contributed by atoms with E-state index in [2.05, 4.69) is 26.6 Å². The summed E-state index contributed by atoms with van der Waals surface area (Å²) < 4.78 is 6.55. The zero-order chi connectivity index (χ0) is 14.7. The quantitative estimate of drug-likeness (QED) is 0.814. The number of carbonyl (C=O) groups excluding carboxylic acids is 1. The van der Waals surface area contributed by atoms with Crippen LogP contribution in [0.1, 0.15) is 32.1 Å². The lowest BCUT2D eigenvalue weighted by atomic mass is 10.00. The minimum absolute atomic E-state index is 0. The first kappa shape index (κ1) is 17.6. The van der Waals surface area contributed by atoms with E-state index >= 15 is 0 Å². The summed E-state index contributed by atoms with van der Waals surface area (Å²) >= 11 is 3.43. The van der Waals surface area contributed by atoms with Gasteiger partial charge in [0.15, 0.2) is 0 Å². The predicted octanol–water partition coefficient (Wildman–Crippen LogP) is 3.04. The molecular formula is C16H22BrClN2O2. The van der Waals surface area contributed by atoms with Crippen molar-refractivity contribution in [3.05, 3.63) is 28.7 Å². The number of piperidine rings is 1. The third kappa shape index (κ3) is 4.61. The average Bonchev–Trinajstić information content (AvgIpc) is 2.80. The van der Waals surface area contributed by atoms with Gasteiger partial charge in [0.1, 0.15) is 5.75 Å². The molecule has 0 aromatic heterocycles. The summed E-state index contributed by atoms with van der Waals surface area (Å²) in [5.41, 5.74) is 0. The summed E-state index contributed by atoms with van der Waals surface area (Å²) in [6, 6.07) is 9.23. The Bertz CT molecular complexity index is 503. The molecule has 0 saturated carbocycles. The SMILES string of the molecule is Cl.O=C(CCOc1ccccc1Br)NC1CC2CCC(C1)N2. The van der Waals surface area contributed by atoms with Crippen molar-refractivity contribution >= 4 is 34.2 Å². The maximum Gasteiger partial charge on any atom is 0.223 e. The zero-order valence-corrected chi connectivity index (χ0v) is 14.8. The molecule has 1 amide bonds. The van der Waals surface area contributed by atoms with Crippen LogP contribution in [0.5, 0.6) is 5.75 Å². The van der Waals surface area contributed by atoms with E-state index in [0.29, 0.717) is 31.2 Å². The van der Waals surface area contributed by atoms with Crippen LogP contribution in [0.4, 0.5) is 0 Å². The van der Waals surface area contributed by atoms with Crippen molar-refractivity contribution in [3.8, 4) is 5.75 Å². The van der Waals surface area contributed by atoms with Crippen molar-refractivity contribution in [1.29, 1.82) is 0 Å². The second-order valence-corrected chi connectivity index (χ2v) is 6.76. The number of nitrogens with one attached hydrogen (secondary N) is 2. The van der Waals surface area contributed by atoms with Gasteiger partial charge in [-0.1, -0.05) is 12.1 Å². The fourth-order valence-corrected chi connectivity index (χ4v) is 3.69. The summed E-state index contributed by atoms with van der Waals surface area (Å²) in [4.78, 5) is 12.0. The number of carbonyl (C=O) groups is 1. The molecule has 3 rings (SSSR count). The number of ether oxygens (including phenoxy) is 1. The monoisotopic (exact) mass is 388 g/mol. The molecule has 4 nitrogen and oxygen atoms in total. The maximum atomic E-state index is 12.0. The molecule has 1 aromatic rings. The molecule has 2 bridgehead atoms. The maximum absolute atomic E-state index is 12.0. The minimum atomic E-state index is 0. The molecule has 6 heteroatoms. The van der Waals surface area contributed by atoms with Gasteiger partial charge >= 0.3 is 0 Å².